The van der Waals surface area contributed by atoms with Crippen molar-refractivity contribution in [1.29, 1.82) is 0 Å². The number of anilines is 1. The monoisotopic (exact) mass is 455 g/mol. The summed E-state index contributed by atoms with van der Waals surface area (Å²) in [5.74, 6) is 0.299. The average Bonchev–Trinajstić information content (AvgIpc) is 2.78. The second-order valence-corrected chi connectivity index (χ2v) is 8.05. The molecule has 2 amide bonds. The molecule has 1 atom stereocenters. The zero-order valence-corrected chi connectivity index (χ0v) is 20.1. The smallest absolute Gasteiger partial charge is 0.257 e. The van der Waals surface area contributed by atoms with Crippen LogP contribution >= 0.6 is 12.2 Å². The van der Waals surface area contributed by atoms with Gasteiger partial charge in [-0.15, -0.1) is 0 Å². The summed E-state index contributed by atoms with van der Waals surface area (Å²) in [5, 5.41) is 5.84. The normalized spacial score (nSPS) is 11.4. The summed E-state index contributed by atoms with van der Waals surface area (Å²) >= 11 is 5.31. The number of hydrogen-bond acceptors (Lipinski definition) is 4. The van der Waals surface area contributed by atoms with E-state index in [1.165, 1.54) is 0 Å². The Morgan fingerprint density at radius 2 is 1.66 bits per heavy atom. The molecule has 0 heterocycles. The van der Waals surface area contributed by atoms with Crippen molar-refractivity contribution in [2.75, 3.05) is 18.4 Å². The Labute approximate surface area is 196 Å². The van der Waals surface area contributed by atoms with Gasteiger partial charge in [-0.3, -0.25) is 14.9 Å². The molecule has 0 radical (unpaired) electrons. The van der Waals surface area contributed by atoms with E-state index < -0.39 is 0 Å². The molecule has 2 N–H and O–H groups in total. The first-order valence-electron chi connectivity index (χ1n) is 11.2. The van der Waals surface area contributed by atoms with Crippen molar-refractivity contribution in [2.45, 2.75) is 53.1 Å². The summed E-state index contributed by atoms with van der Waals surface area (Å²) in [6.45, 7) is 9.58. The maximum atomic E-state index is 12.8. The third-order valence-electron chi connectivity index (χ3n) is 4.88. The molecule has 2 aromatic rings. The maximum Gasteiger partial charge on any atom is 0.257 e. The Balaban J connectivity index is 2.02. The molecule has 0 aromatic heterocycles. The number of thiocarbonyl (C=S) groups is 1. The quantitative estimate of drug-likeness (QED) is 0.479. The SMILES string of the molecule is CCCN(CCC)C(=O)c1cccc(NC(=S)NC(=O)c2cccc(OC(C)CC)c2)c1. The molecule has 7 heteroatoms. The molecule has 0 spiro atoms. The van der Waals surface area contributed by atoms with Gasteiger partial charge in [0, 0.05) is 29.9 Å². The van der Waals surface area contributed by atoms with Gasteiger partial charge in [-0.05, 0) is 74.8 Å². The summed E-state index contributed by atoms with van der Waals surface area (Å²) in [5.41, 5.74) is 1.68. The van der Waals surface area contributed by atoms with Crippen molar-refractivity contribution in [2.24, 2.45) is 0 Å². The molecule has 0 aliphatic rings. The highest BCUT2D eigenvalue weighted by molar-refractivity contribution is 7.80. The fourth-order valence-electron chi connectivity index (χ4n) is 3.13. The van der Waals surface area contributed by atoms with Crippen LogP contribution < -0.4 is 15.4 Å². The lowest BCUT2D eigenvalue weighted by molar-refractivity contribution is 0.0755. The van der Waals surface area contributed by atoms with E-state index in [0.29, 0.717) is 22.6 Å². The Bertz CT molecular complexity index is 926. The van der Waals surface area contributed by atoms with Crippen molar-refractivity contribution in [1.82, 2.24) is 10.2 Å². The third-order valence-corrected chi connectivity index (χ3v) is 5.08. The van der Waals surface area contributed by atoms with Gasteiger partial charge >= 0.3 is 0 Å². The van der Waals surface area contributed by atoms with Gasteiger partial charge in [-0.1, -0.05) is 32.9 Å². The molecule has 0 aliphatic heterocycles. The molecule has 0 saturated carbocycles. The van der Waals surface area contributed by atoms with Gasteiger partial charge < -0.3 is 15.0 Å². The number of hydrogen-bond donors (Lipinski definition) is 2. The maximum absolute atomic E-state index is 12.8. The molecule has 0 saturated heterocycles. The number of benzene rings is 2. The molecule has 32 heavy (non-hydrogen) atoms. The minimum atomic E-state index is -0.332. The van der Waals surface area contributed by atoms with Crippen LogP contribution in [0.25, 0.3) is 0 Å². The van der Waals surface area contributed by atoms with E-state index >= 15 is 0 Å². The van der Waals surface area contributed by atoms with Gasteiger partial charge in [0.15, 0.2) is 5.11 Å². The van der Waals surface area contributed by atoms with Crippen molar-refractivity contribution >= 4 is 34.8 Å². The van der Waals surface area contributed by atoms with Crippen LogP contribution in [0.1, 0.15) is 67.7 Å². The Morgan fingerprint density at radius 1 is 1.00 bits per heavy atom. The van der Waals surface area contributed by atoms with Gasteiger partial charge in [0.25, 0.3) is 11.8 Å². The van der Waals surface area contributed by atoms with Crippen molar-refractivity contribution in [3.05, 3.63) is 59.7 Å². The fourth-order valence-corrected chi connectivity index (χ4v) is 3.34. The summed E-state index contributed by atoms with van der Waals surface area (Å²) < 4.78 is 5.78. The summed E-state index contributed by atoms with van der Waals surface area (Å²) in [7, 11) is 0. The first-order valence-corrected chi connectivity index (χ1v) is 11.6. The second kappa shape index (κ2) is 12.8. The van der Waals surface area contributed by atoms with E-state index in [1.54, 1.807) is 42.5 Å². The largest absolute Gasteiger partial charge is 0.491 e. The van der Waals surface area contributed by atoms with E-state index in [9.17, 15) is 9.59 Å². The van der Waals surface area contributed by atoms with Gasteiger partial charge in [0.2, 0.25) is 0 Å². The van der Waals surface area contributed by atoms with Crippen LogP contribution in [-0.2, 0) is 0 Å². The third kappa shape index (κ3) is 7.64. The van der Waals surface area contributed by atoms with E-state index in [-0.39, 0.29) is 23.0 Å². The predicted octanol–water partition coefficient (Wildman–Crippen LogP) is 5.25. The summed E-state index contributed by atoms with van der Waals surface area (Å²) in [6.07, 6.45) is 2.75. The highest BCUT2D eigenvalue weighted by atomic mass is 32.1. The number of carbonyl (C=O) groups is 2. The molecule has 0 aliphatic carbocycles. The second-order valence-electron chi connectivity index (χ2n) is 7.65. The minimum Gasteiger partial charge on any atom is -0.491 e. The van der Waals surface area contributed by atoms with Crippen LogP contribution in [0.5, 0.6) is 5.75 Å². The number of nitrogens with one attached hydrogen (secondary N) is 2. The lowest BCUT2D eigenvalue weighted by Gasteiger charge is -2.22. The molecule has 172 valence electrons. The van der Waals surface area contributed by atoms with Crippen LogP contribution in [-0.4, -0.2) is 41.0 Å². The molecule has 1 unspecified atom stereocenters. The number of nitrogens with zero attached hydrogens (tertiary/aromatic N) is 1. The zero-order chi connectivity index (χ0) is 23.5. The summed E-state index contributed by atoms with van der Waals surface area (Å²) in [6, 6.07) is 14.1. The van der Waals surface area contributed by atoms with E-state index in [2.05, 4.69) is 24.5 Å². The van der Waals surface area contributed by atoms with Crippen molar-refractivity contribution < 1.29 is 14.3 Å². The van der Waals surface area contributed by atoms with Gasteiger partial charge in [-0.2, -0.15) is 0 Å². The number of amides is 2. The highest BCUT2D eigenvalue weighted by Crippen LogP contribution is 2.17. The number of carbonyl (C=O) groups excluding carboxylic acids is 2. The number of ether oxygens (including phenoxy) is 1. The molecular formula is C25H33N3O3S. The molecule has 6 nitrogen and oxygen atoms in total. The topological polar surface area (TPSA) is 70.7 Å². The zero-order valence-electron chi connectivity index (χ0n) is 19.3. The first kappa shape index (κ1) is 25.3. The van der Waals surface area contributed by atoms with Gasteiger partial charge in [0.1, 0.15) is 5.75 Å². The van der Waals surface area contributed by atoms with Gasteiger partial charge in [0.05, 0.1) is 6.10 Å². The highest BCUT2D eigenvalue weighted by Gasteiger charge is 2.15. The van der Waals surface area contributed by atoms with E-state index in [1.807, 2.05) is 24.8 Å². The van der Waals surface area contributed by atoms with Crippen LogP contribution in [0.4, 0.5) is 5.69 Å². The van der Waals surface area contributed by atoms with Crippen LogP contribution in [0.2, 0.25) is 0 Å². The Hall–Kier alpha value is -2.93. The van der Waals surface area contributed by atoms with Crippen molar-refractivity contribution in [3.63, 3.8) is 0 Å². The van der Waals surface area contributed by atoms with Crippen molar-refractivity contribution in [3.8, 4) is 5.75 Å². The van der Waals surface area contributed by atoms with Crippen LogP contribution in [0.3, 0.4) is 0 Å². The average molecular weight is 456 g/mol. The van der Waals surface area contributed by atoms with Crippen LogP contribution in [0.15, 0.2) is 48.5 Å². The van der Waals surface area contributed by atoms with E-state index in [0.717, 1.165) is 32.4 Å². The standard InChI is InChI=1S/C25H33N3O3S/c1-5-14-28(15-6-2)24(30)20-11-8-12-21(16-20)26-25(32)27-23(29)19-10-9-13-22(17-19)31-18(4)7-3/h8-13,16-18H,5-7,14-15H2,1-4H3,(H2,26,27,29,32). The Kier molecular flexibility index (Phi) is 10.1. The van der Waals surface area contributed by atoms with E-state index in [4.69, 9.17) is 17.0 Å². The molecular weight excluding hydrogens is 422 g/mol. The molecule has 0 fully saturated rings. The lowest BCUT2D eigenvalue weighted by Crippen LogP contribution is -2.34. The molecule has 2 rings (SSSR count). The molecule has 2 aromatic carbocycles. The fraction of sp³-hybridized carbons (Fsp3) is 0.400. The molecule has 0 bridgehead atoms. The number of rotatable bonds is 10. The Morgan fingerprint density at radius 3 is 2.31 bits per heavy atom. The predicted molar refractivity (Wildman–Crippen MR) is 133 cm³/mol. The minimum absolute atomic E-state index is 0.00886. The first-order chi connectivity index (χ1) is 15.4. The van der Waals surface area contributed by atoms with Gasteiger partial charge in [-0.25, -0.2) is 0 Å². The lowest BCUT2D eigenvalue weighted by atomic mass is 10.1. The summed E-state index contributed by atoms with van der Waals surface area (Å²) in [4.78, 5) is 27.3. The van der Waals surface area contributed by atoms with Crippen LogP contribution in [0, 0.1) is 0 Å².